The zero-order chi connectivity index (χ0) is 15.1. The highest BCUT2D eigenvalue weighted by atomic mass is 32.2. The van der Waals surface area contributed by atoms with Gasteiger partial charge in [0, 0.05) is 11.3 Å². The number of hydrogen-bond acceptors (Lipinski definition) is 3. The number of thiocarbonyl (C=S) groups is 1. The lowest BCUT2D eigenvalue weighted by atomic mass is 10.1. The van der Waals surface area contributed by atoms with E-state index < -0.39 is 0 Å². The summed E-state index contributed by atoms with van der Waals surface area (Å²) in [6.07, 6.45) is 0. The molecule has 0 saturated carbocycles. The molecule has 5 heteroatoms. The minimum Gasteiger partial charge on any atom is -0.262 e. The van der Waals surface area contributed by atoms with E-state index in [1.54, 1.807) is 25.1 Å². The van der Waals surface area contributed by atoms with Crippen molar-refractivity contribution in [1.29, 1.82) is 0 Å². The van der Waals surface area contributed by atoms with Crippen molar-refractivity contribution in [2.24, 2.45) is 5.10 Å². The monoisotopic (exact) mass is 318 g/mol. The zero-order valence-corrected chi connectivity index (χ0v) is 13.2. The molecule has 0 saturated heterocycles. The average molecular weight is 318 g/mol. The van der Waals surface area contributed by atoms with Crippen LogP contribution in [-0.4, -0.2) is 10.0 Å². The van der Waals surface area contributed by atoms with E-state index in [-0.39, 0.29) is 5.82 Å². The van der Waals surface area contributed by atoms with Crippen LogP contribution in [0.4, 0.5) is 4.39 Å². The molecule has 2 aromatic carbocycles. The lowest BCUT2D eigenvalue weighted by molar-refractivity contribution is 0.625. The fourth-order valence-electron chi connectivity index (χ4n) is 1.70. The van der Waals surface area contributed by atoms with Gasteiger partial charge in [0.15, 0.2) is 4.32 Å². The number of thioether (sulfide) groups is 1. The molecule has 0 radical (unpaired) electrons. The van der Waals surface area contributed by atoms with Crippen molar-refractivity contribution in [1.82, 2.24) is 5.43 Å². The topological polar surface area (TPSA) is 24.4 Å². The molecule has 108 valence electrons. The minimum atomic E-state index is -0.289. The molecule has 0 heterocycles. The number of hydrogen-bond donors (Lipinski definition) is 1. The summed E-state index contributed by atoms with van der Waals surface area (Å²) in [4.78, 5) is 0. The molecule has 0 spiro atoms. The summed E-state index contributed by atoms with van der Waals surface area (Å²) in [6, 6.07) is 16.6. The van der Waals surface area contributed by atoms with Crippen molar-refractivity contribution >= 4 is 34.0 Å². The number of halogens is 1. The van der Waals surface area contributed by atoms with Gasteiger partial charge in [-0.1, -0.05) is 72.5 Å². The predicted molar refractivity (Wildman–Crippen MR) is 92.1 cm³/mol. The maximum Gasteiger partial charge on any atom is 0.154 e. The lowest BCUT2D eigenvalue weighted by Crippen LogP contribution is -2.14. The lowest BCUT2D eigenvalue weighted by Gasteiger charge is -2.05. The molecule has 0 atom stereocenters. The van der Waals surface area contributed by atoms with Gasteiger partial charge >= 0.3 is 0 Å². The third kappa shape index (κ3) is 4.95. The predicted octanol–water partition coefficient (Wildman–Crippen LogP) is 4.36. The van der Waals surface area contributed by atoms with Crippen LogP contribution in [0.25, 0.3) is 0 Å². The van der Waals surface area contributed by atoms with E-state index in [0.29, 0.717) is 15.6 Å². The van der Waals surface area contributed by atoms with Gasteiger partial charge in [0.05, 0.1) is 5.71 Å². The Morgan fingerprint density at radius 3 is 2.52 bits per heavy atom. The van der Waals surface area contributed by atoms with Crippen LogP contribution in [0.3, 0.4) is 0 Å². The summed E-state index contributed by atoms with van der Waals surface area (Å²) in [5.74, 6) is 0.490. The highest BCUT2D eigenvalue weighted by molar-refractivity contribution is 8.22. The van der Waals surface area contributed by atoms with Crippen LogP contribution >= 0.6 is 24.0 Å². The SMILES string of the molecule is C/C(=N/NC(=S)SCc1ccccc1)c1ccccc1F. The van der Waals surface area contributed by atoms with Gasteiger partial charge in [0.25, 0.3) is 0 Å². The zero-order valence-electron chi connectivity index (χ0n) is 11.5. The van der Waals surface area contributed by atoms with Gasteiger partial charge in [-0.25, -0.2) is 4.39 Å². The highest BCUT2D eigenvalue weighted by Gasteiger charge is 2.04. The molecule has 2 rings (SSSR count). The maximum absolute atomic E-state index is 13.6. The molecule has 0 fully saturated rings. The van der Waals surface area contributed by atoms with Crippen molar-refractivity contribution in [2.75, 3.05) is 0 Å². The molecule has 0 aliphatic carbocycles. The Morgan fingerprint density at radius 1 is 1.14 bits per heavy atom. The fraction of sp³-hybridized carbons (Fsp3) is 0.125. The third-order valence-corrected chi connectivity index (χ3v) is 4.07. The highest BCUT2D eigenvalue weighted by Crippen LogP contribution is 2.13. The third-order valence-electron chi connectivity index (χ3n) is 2.79. The number of nitrogens with zero attached hydrogens (tertiary/aromatic N) is 1. The van der Waals surface area contributed by atoms with Gasteiger partial charge < -0.3 is 0 Å². The van der Waals surface area contributed by atoms with E-state index in [1.165, 1.54) is 23.4 Å². The molecule has 0 amide bonds. The van der Waals surface area contributed by atoms with E-state index in [4.69, 9.17) is 12.2 Å². The van der Waals surface area contributed by atoms with E-state index in [0.717, 1.165) is 5.75 Å². The summed E-state index contributed by atoms with van der Waals surface area (Å²) < 4.78 is 14.2. The smallest absolute Gasteiger partial charge is 0.154 e. The molecule has 0 bridgehead atoms. The molecule has 2 aromatic rings. The summed E-state index contributed by atoms with van der Waals surface area (Å²) in [7, 11) is 0. The van der Waals surface area contributed by atoms with Crippen molar-refractivity contribution < 1.29 is 4.39 Å². The van der Waals surface area contributed by atoms with E-state index in [1.807, 2.05) is 30.3 Å². The Hall–Kier alpha value is -1.72. The quantitative estimate of drug-likeness (QED) is 0.515. The van der Waals surface area contributed by atoms with Gasteiger partial charge in [0.2, 0.25) is 0 Å². The van der Waals surface area contributed by atoms with Gasteiger partial charge in [-0.3, -0.25) is 5.43 Å². The molecule has 0 unspecified atom stereocenters. The normalized spacial score (nSPS) is 11.2. The first-order valence-corrected chi connectivity index (χ1v) is 7.82. The molecule has 2 nitrogen and oxygen atoms in total. The Labute approximate surface area is 133 Å². The standard InChI is InChI=1S/C16H15FN2S2/c1-12(14-9-5-6-10-15(14)17)18-19-16(20)21-11-13-7-3-2-4-8-13/h2-10H,11H2,1H3,(H,19,20)/b18-12-. The van der Waals surface area contributed by atoms with Crippen molar-refractivity contribution in [3.8, 4) is 0 Å². The molecule has 21 heavy (non-hydrogen) atoms. The van der Waals surface area contributed by atoms with Gasteiger partial charge in [-0.2, -0.15) is 5.10 Å². The van der Waals surface area contributed by atoms with Gasteiger partial charge in [0.1, 0.15) is 5.82 Å². The van der Waals surface area contributed by atoms with Crippen LogP contribution in [0, 0.1) is 5.82 Å². The van der Waals surface area contributed by atoms with Crippen molar-refractivity contribution in [3.63, 3.8) is 0 Å². The summed E-state index contributed by atoms with van der Waals surface area (Å²) in [6.45, 7) is 1.75. The average Bonchev–Trinajstić information content (AvgIpc) is 2.52. The Morgan fingerprint density at radius 2 is 1.81 bits per heavy atom. The molecular weight excluding hydrogens is 303 g/mol. The van der Waals surface area contributed by atoms with Crippen molar-refractivity contribution in [2.45, 2.75) is 12.7 Å². The maximum atomic E-state index is 13.6. The summed E-state index contributed by atoms with van der Waals surface area (Å²) in [5.41, 5.74) is 5.03. The molecule has 0 aromatic heterocycles. The van der Waals surface area contributed by atoms with Crippen LogP contribution in [-0.2, 0) is 5.75 Å². The summed E-state index contributed by atoms with van der Waals surface area (Å²) in [5, 5.41) is 4.13. The van der Waals surface area contributed by atoms with Crippen LogP contribution in [0.15, 0.2) is 59.7 Å². The number of benzene rings is 2. The Bertz CT molecular complexity index is 642. The second-order valence-corrected chi connectivity index (χ2v) is 6.00. The molecular formula is C16H15FN2S2. The van der Waals surface area contributed by atoms with E-state index in [2.05, 4.69) is 10.5 Å². The molecule has 0 aliphatic heterocycles. The second-order valence-electron chi connectivity index (χ2n) is 4.35. The van der Waals surface area contributed by atoms with Gasteiger partial charge in [-0.05, 0) is 18.6 Å². The minimum absolute atomic E-state index is 0.289. The van der Waals surface area contributed by atoms with Crippen LogP contribution < -0.4 is 5.43 Å². The van der Waals surface area contributed by atoms with Gasteiger partial charge in [-0.15, -0.1) is 0 Å². The summed E-state index contributed by atoms with van der Waals surface area (Å²) >= 11 is 6.70. The molecule has 1 N–H and O–H groups in total. The van der Waals surface area contributed by atoms with Crippen LogP contribution in [0.5, 0.6) is 0 Å². The van der Waals surface area contributed by atoms with E-state index in [9.17, 15) is 4.39 Å². The Balaban J connectivity index is 1.88. The van der Waals surface area contributed by atoms with Crippen LogP contribution in [0.2, 0.25) is 0 Å². The second kappa shape index (κ2) is 7.90. The first kappa shape index (κ1) is 15.7. The van der Waals surface area contributed by atoms with E-state index >= 15 is 0 Å². The Kier molecular flexibility index (Phi) is 5.90. The first-order chi connectivity index (χ1) is 10.2. The number of rotatable bonds is 4. The molecule has 0 aliphatic rings. The number of nitrogens with one attached hydrogen (secondary N) is 1. The fourth-order valence-corrected chi connectivity index (χ4v) is 2.52. The first-order valence-electron chi connectivity index (χ1n) is 6.42. The van der Waals surface area contributed by atoms with Crippen LogP contribution in [0.1, 0.15) is 18.1 Å². The van der Waals surface area contributed by atoms with Crippen molar-refractivity contribution in [3.05, 3.63) is 71.5 Å². The number of hydrazone groups is 1. The largest absolute Gasteiger partial charge is 0.262 e.